The molecule has 0 amide bonds. The Morgan fingerprint density at radius 2 is 1.73 bits per heavy atom. The maximum Gasteiger partial charge on any atom is 0.329 e. The highest BCUT2D eigenvalue weighted by molar-refractivity contribution is 6.07. The molecular formula is C17H16N2O3. The molecule has 0 aliphatic rings. The van der Waals surface area contributed by atoms with Gasteiger partial charge in [-0.1, -0.05) is 18.2 Å². The topological polar surface area (TPSA) is 85.3 Å². The summed E-state index contributed by atoms with van der Waals surface area (Å²) in [6.07, 6.45) is 0. The minimum Gasteiger partial charge on any atom is -0.480 e. The summed E-state index contributed by atoms with van der Waals surface area (Å²) in [5, 5.41) is 11.5. The van der Waals surface area contributed by atoms with Crippen LogP contribution in [0.3, 0.4) is 0 Å². The lowest BCUT2D eigenvalue weighted by molar-refractivity contribution is -0.145. The lowest BCUT2D eigenvalue weighted by Crippen LogP contribution is -2.42. The van der Waals surface area contributed by atoms with Crippen molar-refractivity contribution < 1.29 is 9.90 Å². The van der Waals surface area contributed by atoms with Gasteiger partial charge in [0.15, 0.2) is 0 Å². The molecule has 0 saturated heterocycles. The van der Waals surface area contributed by atoms with Crippen LogP contribution in [-0.2, 0) is 10.3 Å². The highest BCUT2D eigenvalue weighted by atomic mass is 16.4. The van der Waals surface area contributed by atoms with Gasteiger partial charge in [-0.3, -0.25) is 9.36 Å². The molecule has 0 radical (unpaired) electrons. The maximum absolute atomic E-state index is 12.8. The Balaban J connectivity index is 2.63. The summed E-state index contributed by atoms with van der Waals surface area (Å²) in [6.45, 7) is 3.03. The molecule has 0 atom stereocenters. The summed E-state index contributed by atoms with van der Waals surface area (Å²) in [4.78, 5) is 24.5. The number of rotatable bonds is 2. The van der Waals surface area contributed by atoms with Crippen LogP contribution in [0.4, 0.5) is 5.69 Å². The van der Waals surface area contributed by atoms with Gasteiger partial charge in [0.05, 0.1) is 5.52 Å². The zero-order valence-electron chi connectivity index (χ0n) is 12.3. The van der Waals surface area contributed by atoms with E-state index in [1.807, 2.05) is 12.1 Å². The van der Waals surface area contributed by atoms with Crippen molar-refractivity contribution in [2.45, 2.75) is 19.4 Å². The summed E-state index contributed by atoms with van der Waals surface area (Å²) >= 11 is 0. The first kappa shape index (κ1) is 14.1. The quantitative estimate of drug-likeness (QED) is 0.562. The van der Waals surface area contributed by atoms with Gasteiger partial charge < -0.3 is 10.8 Å². The van der Waals surface area contributed by atoms with E-state index >= 15 is 0 Å². The van der Waals surface area contributed by atoms with Gasteiger partial charge >= 0.3 is 5.97 Å². The molecule has 1 aromatic heterocycles. The smallest absolute Gasteiger partial charge is 0.329 e. The number of carbonyl (C=O) groups is 1. The number of hydrogen-bond acceptors (Lipinski definition) is 3. The van der Waals surface area contributed by atoms with Gasteiger partial charge in [0.1, 0.15) is 5.54 Å². The number of nitrogens with zero attached hydrogens (tertiary/aromatic N) is 1. The second kappa shape index (κ2) is 4.59. The molecule has 112 valence electrons. The molecule has 3 N–H and O–H groups in total. The predicted molar refractivity (Wildman–Crippen MR) is 87.1 cm³/mol. The highest BCUT2D eigenvalue weighted by Gasteiger charge is 2.32. The van der Waals surface area contributed by atoms with E-state index in [4.69, 9.17) is 5.73 Å². The van der Waals surface area contributed by atoms with Crippen molar-refractivity contribution in [1.82, 2.24) is 4.57 Å². The summed E-state index contributed by atoms with van der Waals surface area (Å²) < 4.78 is 1.33. The van der Waals surface area contributed by atoms with Crippen LogP contribution in [0, 0.1) is 0 Å². The number of nitrogen functional groups attached to an aromatic ring is 1. The third-order valence-corrected chi connectivity index (χ3v) is 3.99. The monoisotopic (exact) mass is 296 g/mol. The van der Waals surface area contributed by atoms with Crippen molar-refractivity contribution >= 4 is 33.3 Å². The lowest BCUT2D eigenvalue weighted by Gasteiger charge is -2.25. The van der Waals surface area contributed by atoms with Crippen LogP contribution in [0.2, 0.25) is 0 Å². The maximum atomic E-state index is 12.8. The van der Waals surface area contributed by atoms with Crippen LogP contribution in [0.1, 0.15) is 13.8 Å². The molecule has 3 aromatic rings. The van der Waals surface area contributed by atoms with Crippen molar-refractivity contribution in [2.24, 2.45) is 0 Å². The molecule has 0 saturated carbocycles. The molecule has 0 bridgehead atoms. The van der Waals surface area contributed by atoms with Crippen molar-refractivity contribution in [1.29, 1.82) is 0 Å². The number of aromatic nitrogens is 1. The van der Waals surface area contributed by atoms with E-state index in [1.54, 1.807) is 30.3 Å². The van der Waals surface area contributed by atoms with E-state index in [-0.39, 0.29) is 5.56 Å². The third kappa shape index (κ3) is 1.86. The fraction of sp³-hybridized carbons (Fsp3) is 0.176. The third-order valence-electron chi connectivity index (χ3n) is 3.99. The Morgan fingerprint density at radius 3 is 2.36 bits per heavy atom. The summed E-state index contributed by atoms with van der Waals surface area (Å²) in [5.74, 6) is -1.07. The number of fused-ring (bicyclic) bond motifs is 3. The molecule has 2 aromatic carbocycles. The predicted octanol–water partition coefficient (Wildman–Crippen LogP) is 2.56. The van der Waals surface area contributed by atoms with Gasteiger partial charge in [-0.2, -0.15) is 0 Å². The molecule has 0 aliphatic carbocycles. The number of aliphatic carboxylic acids is 1. The number of hydrogen-bond donors (Lipinski definition) is 2. The van der Waals surface area contributed by atoms with E-state index in [0.717, 1.165) is 10.8 Å². The zero-order chi connectivity index (χ0) is 16.1. The fourth-order valence-electron chi connectivity index (χ4n) is 2.75. The van der Waals surface area contributed by atoms with Crippen LogP contribution in [-0.4, -0.2) is 15.6 Å². The average Bonchev–Trinajstić information content (AvgIpc) is 2.48. The van der Waals surface area contributed by atoms with Crippen LogP contribution < -0.4 is 11.3 Å². The Bertz CT molecular complexity index is 971. The molecule has 22 heavy (non-hydrogen) atoms. The Morgan fingerprint density at radius 1 is 1.09 bits per heavy atom. The van der Waals surface area contributed by atoms with Crippen molar-refractivity contribution in [2.75, 3.05) is 5.73 Å². The van der Waals surface area contributed by atoms with Crippen LogP contribution in [0.15, 0.2) is 47.3 Å². The average molecular weight is 296 g/mol. The van der Waals surface area contributed by atoms with Gasteiger partial charge in [0, 0.05) is 16.5 Å². The molecule has 0 unspecified atom stereocenters. The minimum atomic E-state index is -1.37. The van der Waals surface area contributed by atoms with E-state index in [0.29, 0.717) is 16.6 Å². The summed E-state index contributed by atoms with van der Waals surface area (Å²) in [6, 6.07) is 12.3. The Hall–Kier alpha value is -2.82. The SMILES string of the molecule is CC(C)(C(=O)O)n1c(=O)c2ccccc2c2cc(N)ccc21. The van der Waals surface area contributed by atoms with E-state index in [9.17, 15) is 14.7 Å². The number of pyridine rings is 1. The summed E-state index contributed by atoms with van der Waals surface area (Å²) in [5.41, 5.74) is 5.31. The first-order valence-electron chi connectivity index (χ1n) is 6.91. The normalized spacial score (nSPS) is 11.9. The number of nitrogens with two attached hydrogens (primary N) is 1. The Labute approximate surface area is 126 Å². The second-order valence-electron chi connectivity index (χ2n) is 5.83. The molecule has 0 aliphatic heterocycles. The molecular weight excluding hydrogens is 280 g/mol. The van der Waals surface area contributed by atoms with Gasteiger partial charge in [-0.05, 0) is 43.5 Å². The molecule has 5 nitrogen and oxygen atoms in total. The van der Waals surface area contributed by atoms with Crippen LogP contribution in [0.25, 0.3) is 21.7 Å². The molecule has 0 spiro atoms. The lowest BCUT2D eigenvalue weighted by atomic mass is 10.00. The number of carboxylic acids is 1. The number of anilines is 1. The van der Waals surface area contributed by atoms with Crippen LogP contribution >= 0.6 is 0 Å². The van der Waals surface area contributed by atoms with Gasteiger partial charge in [0.25, 0.3) is 5.56 Å². The second-order valence-corrected chi connectivity index (χ2v) is 5.83. The molecule has 1 heterocycles. The summed E-state index contributed by atoms with van der Waals surface area (Å²) in [7, 11) is 0. The standard InChI is InChI=1S/C17H16N2O3/c1-17(2,16(21)22)19-14-8-7-10(18)9-13(14)11-5-3-4-6-12(11)15(19)20/h3-9H,18H2,1-2H3,(H,21,22). The fourth-order valence-corrected chi connectivity index (χ4v) is 2.75. The molecule has 3 rings (SSSR count). The first-order valence-corrected chi connectivity index (χ1v) is 6.91. The van der Waals surface area contributed by atoms with E-state index < -0.39 is 11.5 Å². The first-order chi connectivity index (χ1) is 10.3. The van der Waals surface area contributed by atoms with Gasteiger partial charge in [-0.15, -0.1) is 0 Å². The van der Waals surface area contributed by atoms with Crippen LogP contribution in [0.5, 0.6) is 0 Å². The minimum absolute atomic E-state index is 0.319. The Kier molecular flexibility index (Phi) is 2.95. The van der Waals surface area contributed by atoms with E-state index in [1.165, 1.54) is 18.4 Å². The zero-order valence-corrected chi connectivity index (χ0v) is 12.3. The van der Waals surface area contributed by atoms with E-state index in [2.05, 4.69) is 0 Å². The van der Waals surface area contributed by atoms with Crippen molar-refractivity contribution in [3.63, 3.8) is 0 Å². The van der Waals surface area contributed by atoms with Gasteiger partial charge in [0.2, 0.25) is 0 Å². The largest absolute Gasteiger partial charge is 0.480 e. The highest BCUT2D eigenvalue weighted by Crippen LogP contribution is 2.28. The number of benzene rings is 2. The molecule has 5 heteroatoms. The van der Waals surface area contributed by atoms with Crippen molar-refractivity contribution in [3.05, 3.63) is 52.8 Å². The number of carboxylic acid groups (broad SMARTS) is 1. The molecule has 0 fully saturated rings. The van der Waals surface area contributed by atoms with Crippen molar-refractivity contribution in [3.8, 4) is 0 Å². The van der Waals surface area contributed by atoms with Gasteiger partial charge in [-0.25, -0.2) is 4.79 Å².